The number of imide groups is 1. The maximum atomic E-state index is 12.5. The summed E-state index contributed by atoms with van der Waals surface area (Å²) in [7, 11) is 1.42. The van der Waals surface area contributed by atoms with E-state index in [0.717, 1.165) is 22.2 Å². The Kier molecular flexibility index (Phi) is 5.70. The summed E-state index contributed by atoms with van der Waals surface area (Å²) in [6, 6.07) is 11.8. The van der Waals surface area contributed by atoms with Crippen LogP contribution in [0.2, 0.25) is 0 Å². The monoisotopic (exact) mass is 398 g/mol. The maximum absolute atomic E-state index is 12.5. The number of ether oxygens (including phenoxy) is 1. The second-order valence-electron chi connectivity index (χ2n) is 6.11. The van der Waals surface area contributed by atoms with Crippen LogP contribution in [0, 0.1) is 6.92 Å². The molecule has 3 rings (SSSR count). The van der Waals surface area contributed by atoms with Crippen molar-refractivity contribution < 1.29 is 24.2 Å². The number of benzene rings is 2. The van der Waals surface area contributed by atoms with Gasteiger partial charge in [-0.25, -0.2) is 0 Å². The molecule has 0 atom stereocenters. The highest BCUT2D eigenvalue weighted by atomic mass is 32.2. The van der Waals surface area contributed by atoms with E-state index in [1.54, 1.807) is 24.3 Å². The van der Waals surface area contributed by atoms with Crippen LogP contribution in [0.3, 0.4) is 0 Å². The zero-order chi connectivity index (χ0) is 20.3. The highest BCUT2D eigenvalue weighted by Gasteiger charge is 2.36. The third kappa shape index (κ3) is 4.34. The summed E-state index contributed by atoms with van der Waals surface area (Å²) in [6.07, 6.45) is 1.52. The van der Waals surface area contributed by atoms with Gasteiger partial charge in [0, 0.05) is 5.69 Å². The minimum atomic E-state index is -0.541. The van der Waals surface area contributed by atoms with Crippen LogP contribution >= 0.6 is 11.8 Å². The average Bonchev–Trinajstić information content (AvgIpc) is 2.92. The molecule has 1 aliphatic heterocycles. The molecule has 1 fully saturated rings. The van der Waals surface area contributed by atoms with E-state index in [1.165, 1.54) is 19.3 Å². The van der Waals surface area contributed by atoms with Gasteiger partial charge in [0.1, 0.15) is 6.54 Å². The summed E-state index contributed by atoms with van der Waals surface area (Å²) in [4.78, 5) is 38.0. The topological polar surface area (TPSA) is 95.9 Å². The summed E-state index contributed by atoms with van der Waals surface area (Å²) in [5, 5.41) is 11.8. The summed E-state index contributed by atoms with van der Waals surface area (Å²) >= 11 is 0.760. The van der Waals surface area contributed by atoms with E-state index in [4.69, 9.17) is 4.74 Å². The van der Waals surface area contributed by atoms with E-state index in [2.05, 4.69) is 5.32 Å². The van der Waals surface area contributed by atoms with Crippen molar-refractivity contribution >= 4 is 40.6 Å². The first-order valence-electron chi connectivity index (χ1n) is 8.36. The van der Waals surface area contributed by atoms with Gasteiger partial charge in [0.25, 0.3) is 11.1 Å². The number of carbonyl (C=O) groups is 3. The Morgan fingerprint density at radius 3 is 2.61 bits per heavy atom. The Morgan fingerprint density at radius 2 is 1.93 bits per heavy atom. The third-order valence-corrected chi connectivity index (χ3v) is 4.92. The van der Waals surface area contributed by atoms with Crippen LogP contribution in [-0.4, -0.2) is 40.7 Å². The van der Waals surface area contributed by atoms with Gasteiger partial charge in [0.05, 0.1) is 12.0 Å². The molecule has 0 unspecified atom stereocenters. The molecule has 3 amide bonds. The fraction of sp³-hybridized carbons (Fsp3) is 0.150. The van der Waals surface area contributed by atoms with Gasteiger partial charge < -0.3 is 15.2 Å². The molecule has 2 aromatic carbocycles. The van der Waals surface area contributed by atoms with Gasteiger partial charge in [-0.1, -0.05) is 23.8 Å². The fourth-order valence-electron chi connectivity index (χ4n) is 2.55. The Morgan fingerprint density at radius 1 is 1.21 bits per heavy atom. The number of thioether (sulfide) groups is 1. The lowest BCUT2D eigenvalue weighted by Gasteiger charge is -2.12. The Bertz CT molecular complexity index is 969. The molecule has 2 N–H and O–H groups in total. The lowest BCUT2D eigenvalue weighted by Crippen LogP contribution is -2.36. The highest BCUT2D eigenvalue weighted by Crippen LogP contribution is 2.34. The predicted molar refractivity (Wildman–Crippen MR) is 107 cm³/mol. The number of anilines is 1. The number of carbonyl (C=O) groups excluding carboxylic acids is 3. The molecule has 2 aromatic rings. The minimum Gasteiger partial charge on any atom is -0.504 e. The number of aryl methyl sites for hydroxylation is 1. The Balaban J connectivity index is 1.70. The number of hydrogen-bond donors (Lipinski definition) is 2. The molecule has 144 valence electrons. The molecule has 0 spiro atoms. The number of phenols is 1. The molecule has 8 heteroatoms. The van der Waals surface area contributed by atoms with Crippen molar-refractivity contribution in [2.45, 2.75) is 6.92 Å². The van der Waals surface area contributed by atoms with E-state index >= 15 is 0 Å². The molecule has 1 saturated heterocycles. The number of nitrogens with one attached hydrogen (secondary N) is 1. The largest absolute Gasteiger partial charge is 0.504 e. The maximum Gasteiger partial charge on any atom is 0.294 e. The van der Waals surface area contributed by atoms with E-state index in [0.29, 0.717) is 11.3 Å². The van der Waals surface area contributed by atoms with Crippen LogP contribution in [0.4, 0.5) is 10.5 Å². The number of hydrogen-bond acceptors (Lipinski definition) is 6. The molecule has 28 heavy (non-hydrogen) atoms. The molecule has 7 nitrogen and oxygen atoms in total. The van der Waals surface area contributed by atoms with Crippen molar-refractivity contribution in [1.82, 2.24) is 4.90 Å². The fourth-order valence-corrected chi connectivity index (χ4v) is 3.39. The number of methoxy groups -OCH3 is 1. The number of amides is 3. The third-order valence-electron chi connectivity index (χ3n) is 4.01. The Hall–Kier alpha value is -3.26. The summed E-state index contributed by atoms with van der Waals surface area (Å²) in [5.74, 6) is -0.772. The lowest BCUT2D eigenvalue weighted by atomic mass is 10.2. The van der Waals surface area contributed by atoms with Crippen LogP contribution in [0.1, 0.15) is 11.1 Å². The highest BCUT2D eigenvalue weighted by molar-refractivity contribution is 8.18. The average molecular weight is 398 g/mol. The minimum absolute atomic E-state index is 0.0273. The normalized spacial score (nSPS) is 15.2. The van der Waals surface area contributed by atoms with Gasteiger partial charge in [0.2, 0.25) is 5.91 Å². The first-order valence-corrected chi connectivity index (χ1v) is 9.18. The molecule has 0 aromatic heterocycles. The number of rotatable bonds is 5. The number of phenolic OH excluding ortho intramolecular Hbond substituents is 1. The van der Waals surface area contributed by atoms with E-state index in [1.807, 2.05) is 19.1 Å². The van der Waals surface area contributed by atoms with Crippen LogP contribution in [0.5, 0.6) is 11.5 Å². The second kappa shape index (κ2) is 8.18. The van der Waals surface area contributed by atoms with E-state index in [9.17, 15) is 19.5 Å². The van der Waals surface area contributed by atoms with Gasteiger partial charge in [-0.3, -0.25) is 19.3 Å². The van der Waals surface area contributed by atoms with Crippen molar-refractivity contribution in [2.24, 2.45) is 0 Å². The molecule has 0 saturated carbocycles. The van der Waals surface area contributed by atoms with Gasteiger partial charge in [0.15, 0.2) is 11.5 Å². The van der Waals surface area contributed by atoms with Gasteiger partial charge >= 0.3 is 0 Å². The lowest BCUT2D eigenvalue weighted by molar-refractivity contribution is -0.127. The summed E-state index contributed by atoms with van der Waals surface area (Å²) < 4.78 is 5.03. The standard InChI is InChI=1S/C20H18N2O5S/c1-12-3-6-14(7-4-12)21-18(24)11-22-19(25)17(28-20(22)26)10-13-5-8-15(23)16(9-13)27-2/h3-10,23H,11H2,1-2H3,(H,21,24)/b17-10+. The van der Waals surface area contributed by atoms with Crippen LogP contribution < -0.4 is 10.1 Å². The quantitative estimate of drug-likeness (QED) is 0.750. The molecule has 0 bridgehead atoms. The zero-order valence-electron chi connectivity index (χ0n) is 15.3. The molecular weight excluding hydrogens is 380 g/mol. The van der Waals surface area contributed by atoms with Crippen molar-refractivity contribution in [2.75, 3.05) is 19.0 Å². The van der Waals surface area contributed by atoms with Crippen LogP contribution in [-0.2, 0) is 9.59 Å². The van der Waals surface area contributed by atoms with Gasteiger partial charge in [-0.05, 0) is 54.6 Å². The van der Waals surface area contributed by atoms with Crippen molar-refractivity contribution in [3.63, 3.8) is 0 Å². The number of nitrogens with zero attached hydrogens (tertiary/aromatic N) is 1. The molecule has 1 aliphatic rings. The Labute approximate surface area is 166 Å². The first-order chi connectivity index (χ1) is 13.4. The van der Waals surface area contributed by atoms with Crippen LogP contribution in [0.15, 0.2) is 47.4 Å². The van der Waals surface area contributed by atoms with Crippen LogP contribution in [0.25, 0.3) is 6.08 Å². The number of aromatic hydroxyl groups is 1. The first kappa shape index (κ1) is 19.5. The van der Waals surface area contributed by atoms with Crippen molar-refractivity contribution in [3.05, 3.63) is 58.5 Å². The zero-order valence-corrected chi connectivity index (χ0v) is 16.1. The summed E-state index contributed by atoms with van der Waals surface area (Å²) in [6.45, 7) is 1.57. The molecule has 1 heterocycles. The van der Waals surface area contributed by atoms with Gasteiger partial charge in [-0.2, -0.15) is 0 Å². The molecule has 0 aliphatic carbocycles. The summed E-state index contributed by atoms with van der Waals surface area (Å²) in [5.41, 5.74) is 2.23. The smallest absolute Gasteiger partial charge is 0.294 e. The predicted octanol–water partition coefficient (Wildman–Crippen LogP) is 3.38. The molecule has 0 radical (unpaired) electrons. The van der Waals surface area contributed by atoms with E-state index in [-0.39, 0.29) is 22.9 Å². The van der Waals surface area contributed by atoms with Gasteiger partial charge in [-0.15, -0.1) is 0 Å². The van der Waals surface area contributed by atoms with E-state index < -0.39 is 17.1 Å². The SMILES string of the molecule is COc1cc(/C=C2/SC(=O)N(CC(=O)Nc3ccc(C)cc3)C2=O)ccc1O. The molecular formula is C20H18N2O5S. The van der Waals surface area contributed by atoms with Crippen molar-refractivity contribution in [1.29, 1.82) is 0 Å². The van der Waals surface area contributed by atoms with Crippen molar-refractivity contribution in [3.8, 4) is 11.5 Å². The second-order valence-corrected chi connectivity index (χ2v) is 7.11.